The number of hydrogen-bond donors (Lipinski definition) is 2. The number of amides is 1. The molecule has 0 aromatic rings. The first kappa shape index (κ1) is 13.5. The zero-order chi connectivity index (χ0) is 12.0. The Bertz CT molecular complexity index is 216. The second-order valence-corrected chi connectivity index (χ2v) is 5.29. The number of hydrogen-bond acceptors (Lipinski definition) is 2. The molecule has 0 bridgehead atoms. The van der Waals surface area contributed by atoms with E-state index in [1.54, 1.807) is 0 Å². The summed E-state index contributed by atoms with van der Waals surface area (Å²) in [4.78, 5) is 11.4. The fourth-order valence-electron chi connectivity index (χ4n) is 2.38. The van der Waals surface area contributed by atoms with Gasteiger partial charge in [-0.1, -0.05) is 19.8 Å². The van der Waals surface area contributed by atoms with E-state index in [1.807, 2.05) is 13.8 Å². The Morgan fingerprint density at radius 2 is 2.00 bits per heavy atom. The van der Waals surface area contributed by atoms with Crippen LogP contribution in [-0.2, 0) is 4.79 Å². The molecule has 2 N–H and O–H groups in total. The van der Waals surface area contributed by atoms with Crippen molar-refractivity contribution in [1.29, 1.82) is 0 Å². The summed E-state index contributed by atoms with van der Waals surface area (Å²) in [6, 6.07) is 0.877. The van der Waals surface area contributed by atoms with Gasteiger partial charge in [-0.3, -0.25) is 4.79 Å². The summed E-state index contributed by atoms with van der Waals surface area (Å²) >= 11 is 0. The van der Waals surface area contributed by atoms with Crippen LogP contribution in [0.3, 0.4) is 0 Å². The summed E-state index contributed by atoms with van der Waals surface area (Å²) < 4.78 is 0. The molecule has 0 heterocycles. The molecule has 1 aliphatic rings. The molecule has 0 radical (unpaired) electrons. The maximum Gasteiger partial charge on any atom is 0.221 e. The highest BCUT2D eigenvalue weighted by Crippen LogP contribution is 2.23. The highest BCUT2D eigenvalue weighted by molar-refractivity contribution is 5.76. The Hall–Kier alpha value is -0.570. The maximum absolute atomic E-state index is 11.4. The van der Waals surface area contributed by atoms with Crippen LogP contribution in [0.15, 0.2) is 0 Å². The number of rotatable bonds is 5. The largest absolute Gasteiger partial charge is 0.354 e. The van der Waals surface area contributed by atoms with Gasteiger partial charge in [-0.25, -0.2) is 0 Å². The van der Waals surface area contributed by atoms with Crippen molar-refractivity contribution in [3.8, 4) is 0 Å². The summed E-state index contributed by atoms with van der Waals surface area (Å²) in [5, 5.41) is 6.43. The first-order chi connectivity index (χ1) is 7.59. The molecule has 0 aromatic heterocycles. The number of nitrogens with one attached hydrogen (secondary N) is 2. The fraction of sp³-hybridized carbons (Fsp3) is 0.923. The first-order valence-electron chi connectivity index (χ1n) is 6.62. The Labute approximate surface area is 99.4 Å². The second kappa shape index (κ2) is 6.89. The van der Waals surface area contributed by atoms with Crippen molar-refractivity contribution in [1.82, 2.24) is 10.6 Å². The van der Waals surface area contributed by atoms with Gasteiger partial charge in [-0.15, -0.1) is 0 Å². The molecule has 94 valence electrons. The second-order valence-electron chi connectivity index (χ2n) is 5.29. The summed E-state index contributed by atoms with van der Waals surface area (Å²) in [5.74, 6) is 0.924. The molecular weight excluding hydrogens is 200 g/mol. The average Bonchev–Trinajstić information content (AvgIpc) is 2.19. The van der Waals surface area contributed by atoms with E-state index in [0.29, 0.717) is 12.5 Å². The molecule has 3 heteroatoms. The molecule has 0 saturated heterocycles. The van der Waals surface area contributed by atoms with E-state index in [2.05, 4.69) is 17.6 Å². The summed E-state index contributed by atoms with van der Waals surface area (Å²) in [6.07, 6.45) is 5.90. The van der Waals surface area contributed by atoms with Crippen molar-refractivity contribution in [2.75, 3.05) is 6.54 Å². The number of carbonyl (C=O) groups is 1. The lowest BCUT2D eigenvalue weighted by Gasteiger charge is -2.29. The molecule has 1 rings (SSSR count). The van der Waals surface area contributed by atoms with Crippen LogP contribution in [0.4, 0.5) is 0 Å². The Morgan fingerprint density at radius 3 is 2.62 bits per heavy atom. The minimum Gasteiger partial charge on any atom is -0.354 e. The van der Waals surface area contributed by atoms with Crippen molar-refractivity contribution < 1.29 is 4.79 Å². The van der Waals surface area contributed by atoms with E-state index >= 15 is 0 Å². The van der Waals surface area contributed by atoms with Crippen LogP contribution >= 0.6 is 0 Å². The molecule has 0 aliphatic heterocycles. The van der Waals surface area contributed by atoms with Crippen molar-refractivity contribution >= 4 is 5.91 Å². The third kappa shape index (κ3) is 4.97. The molecule has 3 nitrogen and oxygen atoms in total. The van der Waals surface area contributed by atoms with Gasteiger partial charge in [-0.2, -0.15) is 0 Å². The van der Waals surface area contributed by atoms with Crippen molar-refractivity contribution in [3.63, 3.8) is 0 Å². The van der Waals surface area contributed by atoms with Gasteiger partial charge < -0.3 is 10.6 Å². The Balaban J connectivity index is 2.12. The van der Waals surface area contributed by atoms with Crippen LogP contribution < -0.4 is 10.6 Å². The van der Waals surface area contributed by atoms with Crippen molar-refractivity contribution in [2.45, 2.75) is 65.0 Å². The predicted octanol–water partition coefficient (Wildman–Crippen LogP) is 2.07. The quantitative estimate of drug-likeness (QED) is 0.753. The van der Waals surface area contributed by atoms with Crippen LogP contribution in [0.2, 0.25) is 0 Å². The van der Waals surface area contributed by atoms with Crippen LogP contribution in [0.1, 0.15) is 52.9 Å². The van der Waals surface area contributed by atoms with E-state index in [4.69, 9.17) is 0 Å². The van der Waals surface area contributed by atoms with E-state index in [9.17, 15) is 4.79 Å². The van der Waals surface area contributed by atoms with E-state index in [0.717, 1.165) is 12.5 Å². The predicted molar refractivity (Wildman–Crippen MR) is 67.3 cm³/mol. The lowest BCUT2D eigenvalue weighted by Crippen LogP contribution is -2.40. The fourth-order valence-corrected chi connectivity index (χ4v) is 2.38. The molecule has 16 heavy (non-hydrogen) atoms. The van der Waals surface area contributed by atoms with Gasteiger partial charge in [0, 0.05) is 25.0 Å². The molecular formula is C13H26N2O. The smallest absolute Gasteiger partial charge is 0.221 e. The van der Waals surface area contributed by atoms with Gasteiger partial charge >= 0.3 is 0 Å². The number of carbonyl (C=O) groups excluding carboxylic acids is 1. The lowest BCUT2D eigenvalue weighted by atomic mass is 9.86. The SMILES string of the molecule is CC(C)NC(=O)CCNC1CCCCC1C. The lowest BCUT2D eigenvalue weighted by molar-refractivity contribution is -0.121. The van der Waals surface area contributed by atoms with Gasteiger partial charge in [0.05, 0.1) is 0 Å². The average molecular weight is 226 g/mol. The van der Waals surface area contributed by atoms with Crippen molar-refractivity contribution in [3.05, 3.63) is 0 Å². The molecule has 1 fully saturated rings. The third-order valence-electron chi connectivity index (χ3n) is 3.32. The van der Waals surface area contributed by atoms with Gasteiger partial charge in [0.25, 0.3) is 0 Å². The zero-order valence-electron chi connectivity index (χ0n) is 10.9. The molecule has 1 saturated carbocycles. The minimum atomic E-state index is 0.158. The van der Waals surface area contributed by atoms with Gasteiger partial charge in [0.1, 0.15) is 0 Å². The highest BCUT2D eigenvalue weighted by Gasteiger charge is 2.20. The molecule has 0 aromatic carbocycles. The Kier molecular flexibility index (Phi) is 5.81. The third-order valence-corrected chi connectivity index (χ3v) is 3.32. The minimum absolute atomic E-state index is 0.158. The van der Waals surface area contributed by atoms with Gasteiger partial charge in [0.2, 0.25) is 5.91 Å². The van der Waals surface area contributed by atoms with E-state index in [1.165, 1.54) is 25.7 Å². The zero-order valence-corrected chi connectivity index (χ0v) is 10.9. The van der Waals surface area contributed by atoms with Crippen LogP contribution in [0.25, 0.3) is 0 Å². The molecule has 2 unspecified atom stereocenters. The van der Waals surface area contributed by atoms with E-state index in [-0.39, 0.29) is 11.9 Å². The summed E-state index contributed by atoms with van der Waals surface area (Å²) in [7, 11) is 0. The molecule has 0 spiro atoms. The molecule has 2 atom stereocenters. The van der Waals surface area contributed by atoms with Gasteiger partial charge in [-0.05, 0) is 32.6 Å². The topological polar surface area (TPSA) is 41.1 Å². The van der Waals surface area contributed by atoms with Crippen LogP contribution in [0.5, 0.6) is 0 Å². The molecule has 1 amide bonds. The van der Waals surface area contributed by atoms with Crippen LogP contribution in [0, 0.1) is 5.92 Å². The summed E-state index contributed by atoms with van der Waals surface area (Å²) in [5.41, 5.74) is 0. The van der Waals surface area contributed by atoms with Crippen molar-refractivity contribution in [2.24, 2.45) is 5.92 Å². The standard InChI is InChI=1S/C13H26N2O/c1-10(2)15-13(16)8-9-14-12-7-5-4-6-11(12)3/h10-12,14H,4-9H2,1-3H3,(H,15,16). The first-order valence-corrected chi connectivity index (χ1v) is 6.62. The summed E-state index contributed by atoms with van der Waals surface area (Å²) in [6.45, 7) is 7.11. The van der Waals surface area contributed by atoms with Gasteiger partial charge in [0.15, 0.2) is 0 Å². The normalized spacial score (nSPS) is 25.8. The Morgan fingerprint density at radius 1 is 1.31 bits per heavy atom. The highest BCUT2D eigenvalue weighted by atomic mass is 16.1. The van der Waals surface area contributed by atoms with Crippen LogP contribution in [-0.4, -0.2) is 24.5 Å². The monoisotopic (exact) mass is 226 g/mol. The van der Waals surface area contributed by atoms with E-state index < -0.39 is 0 Å². The molecule has 1 aliphatic carbocycles. The maximum atomic E-state index is 11.4.